The number of aromatic nitrogens is 3. The Kier molecular flexibility index (Phi) is 5.20. The van der Waals surface area contributed by atoms with E-state index in [4.69, 9.17) is 21.7 Å². The number of benzene rings is 1. The summed E-state index contributed by atoms with van der Waals surface area (Å²) in [4.78, 5) is 2.40. The van der Waals surface area contributed by atoms with Gasteiger partial charge in [0.15, 0.2) is 4.77 Å². The molecule has 1 aromatic heterocycles. The van der Waals surface area contributed by atoms with Crippen molar-refractivity contribution in [2.45, 2.75) is 39.0 Å². The van der Waals surface area contributed by atoms with Gasteiger partial charge in [0.05, 0.1) is 20.9 Å². The molecule has 0 bridgehead atoms. The number of methoxy groups -OCH3 is 2. The summed E-state index contributed by atoms with van der Waals surface area (Å²) in [5.41, 5.74) is 1.16. The van der Waals surface area contributed by atoms with E-state index in [2.05, 4.69) is 23.0 Å². The minimum Gasteiger partial charge on any atom is -0.497 e. The van der Waals surface area contributed by atoms with Crippen molar-refractivity contribution in [3.8, 4) is 11.5 Å². The molecule has 1 fully saturated rings. The molecule has 0 amide bonds. The summed E-state index contributed by atoms with van der Waals surface area (Å²) in [6, 6.07) is 6.26. The van der Waals surface area contributed by atoms with E-state index in [1.165, 1.54) is 0 Å². The van der Waals surface area contributed by atoms with Crippen molar-refractivity contribution in [1.29, 1.82) is 0 Å². The van der Waals surface area contributed by atoms with Crippen LogP contribution in [0.15, 0.2) is 24.5 Å². The first-order chi connectivity index (χ1) is 11.7. The normalized spacial score (nSPS) is 18.0. The lowest BCUT2D eigenvalue weighted by Crippen LogP contribution is -2.27. The van der Waals surface area contributed by atoms with Gasteiger partial charge >= 0.3 is 0 Å². The Balaban J connectivity index is 1.88. The molecule has 0 radical (unpaired) electrons. The maximum Gasteiger partial charge on any atom is 0.198 e. The molecule has 1 atom stereocenters. The Bertz CT molecular complexity index is 755. The van der Waals surface area contributed by atoms with Crippen LogP contribution in [0.3, 0.4) is 0 Å². The Morgan fingerprint density at radius 2 is 2.12 bits per heavy atom. The minimum atomic E-state index is 0.281. The van der Waals surface area contributed by atoms with Gasteiger partial charge in [0.25, 0.3) is 0 Å². The zero-order valence-electron chi connectivity index (χ0n) is 14.4. The molecule has 1 aliphatic rings. The molecule has 1 aromatic carbocycles. The Hall–Kier alpha value is -1.86. The van der Waals surface area contributed by atoms with Crippen LogP contribution in [0.2, 0.25) is 0 Å². The number of rotatable bonds is 6. The van der Waals surface area contributed by atoms with Crippen LogP contribution in [-0.4, -0.2) is 40.0 Å². The molecule has 3 rings (SSSR count). The molecule has 0 unspecified atom stereocenters. The van der Waals surface area contributed by atoms with Crippen LogP contribution in [0, 0.1) is 4.77 Å². The summed E-state index contributed by atoms with van der Waals surface area (Å²) >= 11 is 5.49. The number of aryl methyl sites for hydroxylation is 1. The first-order valence-electron chi connectivity index (χ1n) is 8.26. The second kappa shape index (κ2) is 7.36. The molecule has 6 nitrogen and oxygen atoms in total. The first-order valence-corrected chi connectivity index (χ1v) is 8.67. The lowest BCUT2D eigenvalue weighted by atomic mass is 10.0. The third-order valence-corrected chi connectivity index (χ3v) is 5.06. The summed E-state index contributed by atoms with van der Waals surface area (Å²) in [5, 5.41) is 4.43. The zero-order valence-corrected chi connectivity index (χ0v) is 15.3. The van der Waals surface area contributed by atoms with E-state index in [1.54, 1.807) is 20.5 Å². The van der Waals surface area contributed by atoms with Crippen molar-refractivity contribution in [1.82, 2.24) is 19.2 Å². The molecule has 2 aromatic rings. The molecule has 1 aliphatic heterocycles. The van der Waals surface area contributed by atoms with Crippen molar-refractivity contribution in [3.63, 3.8) is 0 Å². The highest BCUT2D eigenvalue weighted by molar-refractivity contribution is 7.71. The third-order valence-electron chi connectivity index (χ3n) is 4.61. The van der Waals surface area contributed by atoms with Crippen LogP contribution in [0.25, 0.3) is 0 Å². The maximum absolute atomic E-state index is 5.57. The van der Waals surface area contributed by atoms with E-state index in [0.29, 0.717) is 6.67 Å². The van der Waals surface area contributed by atoms with Crippen LogP contribution >= 0.6 is 12.2 Å². The molecule has 0 spiro atoms. The van der Waals surface area contributed by atoms with Crippen molar-refractivity contribution >= 4 is 12.2 Å². The second-order valence-electron chi connectivity index (χ2n) is 5.92. The average molecular weight is 348 g/mol. The number of ether oxygens (including phenoxy) is 2. The molecule has 0 saturated carbocycles. The van der Waals surface area contributed by atoms with Gasteiger partial charge in [-0.15, -0.1) is 0 Å². The van der Waals surface area contributed by atoms with Gasteiger partial charge in [-0.2, -0.15) is 5.10 Å². The lowest BCUT2D eigenvalue weighted by Gasteiger charge is -2.26. The fourth-order valence-electron chi connectivity index (χ4n) is 3.31. The summed E-state index contributed by atoms with van der Waals surface area (Å²) in [5.74, 6) is 1.75. The molecule has 0 N–H and O–H groups in total. The highest BCUT2D eigenvalue weighted by atomic mass is 32.1. The van der Waals surface area contributed by atoms with Crippen molar-refractivity contribution in [3.05, 3.63) is 34.9 Å². The van der Waals surface area contributed by atoms with Gasteiger partial charge in [-0.3, -0.25) is 4.90 Å². The van der Waals surface area contributed by atoms with Crippen molar-refractivity contribution in [2.75, 3.05) is 20.8 Å². The van der Waals surface area contributed by atoms with Gasteiger partial charge in [-0.1, -0.05) is 0 Å². The Morgan fingerprint density at radius 1 is 1.29 bits per heavy atom. The van der Waals surface area contributed by atoms with E-state index >= 15 is 0 Å². The van der Waals surface area contributed by atoms with Crippen molar-refractivity contribution in [2.24, 2.45) is 0 Å². The quantitative estimate of drug-likeness (QED) is 0.750. The molecule has 130 valence electrons. The van der Waals surface area contributed by atoms with Gasteiger partial charge in [-0.25, -0.2) is 4.68 Å². The van der Waals surface area contributed by atoms with E-state index in [1.807, 2.05) is 21.4 Å². The van der Waals surface area contributed by atoms with Gasteiger partial charge in [0.1, 0.15) is 17.8 Å². The number of nitrogens with zero attached hydrogens (tertiary/aromatic N) is 4. The number of hydrogen-bond acceptors (Lipinski definition) is 5. The van der Waals surface area contributed by atoms with E-state index in [9.17, 15) is 0 Å². The van der Waals surface area contributed by atoms with Gasteiger partial charge in [0.2, 0.25) is 0 Å². The fraction of sp³-hybridized carbons (Fsp3) is 0.529. The van der Waals surface area contributed by atoms with Crippen LogP contribution in [-0.2, 0) is 13.2 Å². The minimum absolute atomic E-state index is 0.281. The van der Waals surface area contributed by atoms with Crippen LogP contribution < -0.4 is 9.47 Å². The third kappa shape index (κ3) is 3.18. The summed E-state index contributed by atoms with van der Waals surface area (Å²) in [7, 11) is 3.40. The number of hydrogen-bond donors (Lipinski definition) is 0. The van der Waals surface area contributed by atoms with Crippen LogP contribution in [0.4, 0.5) is 0 Å². The largest absolute Gasteiger partial charge is 0.497 e. The topological polar surface area (TPSA) is 44.5 Å². The standard InChI is InChI=1S/C17H24N4O2S/c1-4-19-11-18-21(17(19)24)12-20-9-5-6-15(20)14-10-13(22-2)7-8-16(14)23-3/h7-8,10-11,15H,4-6,9,12H2,1-3H3/t15-/m1/s1. The smallest absolute Gasteiger partial charge is 0.198 e. The number of likely N-dealkylation sites (tertiary alicyclic amines) is 1. The molecular weight excluding hydrogens is 324 g/mol. The zero-order chi connectivity index (χ0) is 17.1. The van der Waals surface area contributed by atoms with E-state index in [-0.39, 0.29) is 6.04 Å². The van der Waals surface area contributed by atoms with Crippen LogP contribution in [0.1, 0.15) is 31.4 Å². The molecule has 2 heterocycles. The molecule has 24 heavy (non-hydrogen) atoms. The van der Waals surface area contributed by atoms with Gasteiger partial charge < -0.3 is 14.0 Å². The highest BCUT2D eigenvalue weighted by Gasteiger charge is 2.29. The van der Waals surface area contributed by atoms with Gasteiger partial charge in [-0.05, 0) is 50.2 Å². The fourth-order valence-corrected chi connectivity index (χ4v) is 3.59. The predicted octanol–water partition coefficient (Wildman–Crippen LogP) is 3.25. The second-order valence-corrected chi connectivity index (χ2v) is 6.28. The first kappa shape index (κ1) is 17.0. The molecule has 1 saturated heterocycles. The summed E-state index contributed by atoms with van der Waals surface area (Å²) < 4.78 is 15.6. The molecular formula is C17H24N4O2S. The molecule has 0 aliphatic carbocycles. The maximum atomic E-state index is 5.57. The predicted molar refractivity (Wildman–Crippen MR) is 95.0 cm³/mol. The van der Waals surface area contributed by atoms with Crippen LogP contribution in [0.5, 0.6) is 11.5 Å². The Labute approximate surface area is 147 Å². The van der Waals surface area contributed by atoms with Gasteiger partial charge in [0, 0.05) is 24.7 Å². The van der Waals surface area contributed by atoms with E-state index < -0.39 is 0 Å². The lowest BCUT2D eigenvalue weighted by molar-refractivity contribution is 0.186. The summed E-state index contributed by atoms with van der Waals surface area (Å²) in [6.07, 6.45) is 4.04. The SMILES string of the molecule is CCn1cnn(CN2CCC[C@@H]2c2cc(OC)ccc2OC)c1=S. The average Bonchev–Trinajstić information content (AvgIpc) is 3.21. The summed E-state index contributed by atoms with van der Waals surface area (Å²) in [6.45, 7) is 4.62. The van der Waals surface area contributed by atoms with Crippen molar-refractivity contribution < 1.29 is 9.47 Å². The Morgan fingerprint density at radius 3 is 2.79 bits per heavy atom. The highest BCUT2D eigenvalue weighted by Crippen LogP contribution is 2.39. The monoisotopic (exact) mass is 348 g/mol. The molecule has 7 heteroatoms. The van der Waals surface area contributed by atoms with E-state index in [0.717, 1.165) is 47.8 Å².